The zero-order valence-electron chi connectivity index (χ0n) is 12.9. The molecule has 7 heteroatoms. The van der Waals surface area contributed by atoms with Crippen molar-refractivity contribution in [1.29, 1.82) is 0 Å². The fourth-order valence-corrected chi connectivity index (χ4v) is 3.64. The van der Waals surface area contributed by atoms with Crippen LogP contribution in [-0.2, 0) is 21.2 Å². The maximum absolute atomic E-state index is 12.3. The van der Waals surface area contributed by atoms with Crippen LogP contribution in [0, 0.1) is 5.92 Å². The number of amides is 1. The van der Waals surface area contributed by atoms with E-state index in [1.165, 1.54) is 4.88 Å². The highest BCUT2D eigenvalue weighted by atomic mass is 32.2. The first-order valence-corrected chi connectivity index (χ1v) is 9.80. The number of hydrogen-bond acceptors (Lipinski definition) is 4. The van der Waals surface area contributed by atoms with Crippen LogP contribution in [-0.4, -0.2) is 32.7 Å². The Morgan fingerprint density at radius 2 is 2.05 bits per heavy atom. The number of nitrogens with one attached hydrogen (secondary N) is 2. The van der Waals surface area contributed by atoms with Gasteiger partial charge in [-0.2, -0.15) is 0 Å². The van der Waals surface area contributed by atoms with Crippen LogP contribution in [0.3, 0.4) is 0 Å². The van der Waals surface area contributed by atoms with Gasteiger partial charge in [-0.15, -0.1) is 11.3 Å². The summed E-state index contributed by atoms with van der Waals surface area (Å²) in [5.41, 5.74) is 0. The second kappa shape index (κ2) is 7.91. The highest BCUT2D eigenvalue weighted by Gasteiger charge is 2.27. The van der Waals surface area contributed by atoms with E-state index in [1.807, 2.05) is 38.3 Å². The number of sulfonamides is 1. The predicted molar refractivity (Wildman–Crippen MR) is 86.9 cm³/mol. The van der Waals surface area contributed by atoms with Gasteiger partial charge < -0.3 is 5.32 Å². The van der Waals surface area contributed by atoms with Crippen LogP contribution < -0.4 is 10.0 Å². The van der Waals surface area contributed by atoms with E-state index < -0.39 is 16.1 Å². The van der Waals surface area contributed by atoms with Gasteiger partial charge in [0.05, 0.1) is 6.26 Å². The number of thiophene rings is 1. The quantitative estimate of drug-likeness (QED) is 0.762. The van der Waals surface area contributed by atoms with Crippen LogP contribution in [0.1, 0.15) is 32.1 Å². The van der Waals surface area contributed by atoms with Gasteiger partial charge in [-0.05, 0) is 24.3 Å². The van der Waals surface area contributed by atoms with Gasteiger partial charge in [0.15, 0.2) is 0 Å². The van der Waals surface area contributed by atoms with Gasteiger partial charge in [-0.1, -0.05) is 26.3 Å². The third-order valence-corrected chi connectivity index (χ3v) is 4.89. The van der Waals surface area contributed by atoms with Gasteiger partial charge >= 0.3 is 0 Å². The summed E-state index contributed by atoms with van der Waals surface area (Å²) in [4.78, 5) is 13.5. The average molecular weight is 332 g/mol. The van der Waals surface area contributed by atoms with Crippen molar-refractivity contribution in [2.24, 2.45) is 5.92 Å². The standard InChI is InChI=1S/C14H24N2O3S2/c1-5-10(2)13(16-21(4,18)19)14(17)15-11(3)9-12-7-6-8-20-12/h6-8,10-11,13,16H,5,9H2,1-4H3,(H,15,17)/t10-,11+,13+/m0/s1. The summed E-state index contributed by atoms with van der Waals surface area (Å²) in [5, 5.41) is 4.89. The topological polar surface area (TPSA) is 75.3 Å². The van der Waals surface area contributed by atoms with E-state index in [-0.39, 0.29) is 17.9 Å². The van der Waals surface area contributed by atoms with Gasteiger partial charge in [0.25, 0.3) is 0 Å². The molecule has 2 N–H and O–H groups in total. The molecule has 0 bridgehead atoms. The molecule has 1 aromatic heterocycles. The summed E-state index contributed by atoms with van der Waals surface area (Å²) in [6.07, 6.45) is 2.54. The molecule has 0 aromatic carbocycles. The van der Waals surface area contributed by atoms with E-state index in [0.29, 0.717) is 0 Å². The van der Waals surface area contributed by atoms with E-state index in [0.717, 1.165) is 19.1 Å². The number of rotatable bonds is 8. The molecule has 0 saturated heterocycles. The lowest BCUT2D eigenvalue weighted by molar-refractivity contribution is -0.124. The second-order valence-electron chi connectivity index (χ2n) is 5.45. The van der Waals surface area contributed by atoms with Gasteiger partial charge in [-0.25, -0.2) is 13.1 Å². The molecule has 0 saturated carbocycles. The normalized spacial score (nSPS) is 16.2. The molecule has 3 atom stereocenters. The molecule has 5 nitrogen and oxygen atoms in total. The van der Waals surface area contributed by atoms with E-state index >= 15 is 0 Å². The Morgan fingerprint density at radius 1 is 1.38 bits per heavy atom. The van der Waals surface area contributed by atoms with Crippen molar-refractivity contribution in [3.05, 3.63) is 22.4 Å². The van der Waals surface area contributed by atoms with E-state index in [2.05, 4.69) is 10.0 Å². The minimum absolute atomic E-state index is 0.0379. The molecule has 1 amide bonds. The van der Waals surface area contributed by atoms with Crippen LogP contribution in [0.2, 0.25) is 0 Å². The molecule has 0 aliphatic carbocycles. The highest BCUT2D eigenvalue weighted by Crippen LogP contribution is 2.12. The van der Waals surface area contributed by atoms with E-state index in [9.17, 15) is 13.2 Å². The fraction of sp³-hybridized carbons (Fsp3) is 0.643. The van der Waals surface area contributed by atoms with Crippen LogP contribution in [0.25, 0.3) is 0 Å². The fourth-order valence-electron chi connectivity index (χ4n) is 2.01. The predicted octanol–water partition coefficient (Wildman–Crippen LogP) is 1.76. The lowest BCUT2D eigenvalue weighted by Crippen LogP contribution is -2.52. The second-order valence-corrected chi connectivity index (χ2v) is 8.26. The molecule has 0 radical (unpaired) electrons. The molecule has 0 spiro atoms. The molecule has 0 unspecified atom stereocenters. The molecular formula is C14H24N2O3S2. The Labute approximate surface area is 131 Å². The maximum Gasteiger partial charge on any atom is 0.238 e. The molecule has 0 aliphatic rings. The SMILES string of the molecule is CC[C@H](C)[C@@H](NS(C)(=O)=O)C(=O)N[C@H](C)Cc1cccs1. The summed E-state index contributed by atoms with van der Waals surface area (Å²) in [7, 11) is -3.42. The van der Waals surface area contributed by atoms with Gasteiger partial charge in [0, 0.05) is 17.3 Å². The lowest BCUT2D eigenvalue weighted by atomic mass is 9.99. The van der Waals surface area contributed by atoms with Crippen molar-refractivity contribution in [1.82, 2.24) is 10.0 Å². The first-order valence-electron chi connectivity index (χ1n) is 7.03. The first-order chi connectivity index (χ1) is 9.73. The minimum atomic E-state index is -3.42. The molecule has 0 fully saturated rings. The summed E-state index contributed by atoms with van der Waals surface area (Å²) in [6, 6.07) is 3.23. The zero-order chi connectivity index (χ0) is 16.0. The van der Waals surface area contributed by atoms with Gasteiger partial charge in [-0.3, -0.25) is 4.79 Å². The molecule has 21 heavy (non-hydrogen) atoms. The summed E-state index contributed by atoms with van der Waals surface area (Å²) < 4.78 is 25.3. The molecule has 1 heterocycles. The third-order valence-electron chi connectivity index (χ3n) is 3.31. The van der Waals surface area contributed by atoms with Gasteiger partial charge in [0.2, 0.25) is 15.9 Å². The lowest BCUT2D eigenvalue weighted by Gasteiger charge is -2.24. The third kappa shape index (κ3) is 6.58. The molecule has 0 aliphatic heterocycles. The maximum atomic E-state index is 12.3. The average Bonchev–Trinajstić information content (AvgIpc) is 2.86. The van der Waals surface area contributed by atoms with Crippen molar-refractivity contribution in [3.63, 3.8) is 0 Å². The molecular weight excluding hydrogens is 308 g/mol. The summed E-state index contributed by atoms with van der Waals surface area (Å²) in [5.74, 6) is -0.326. The van der Waals surface area contributed by atoms with Crippen molar-refractivity contribution in [3.8, 4) is 0 Å². The Morgan fingerprint density at radius 3 is 2.52 bits per heavy atom. The summed E-state index contributed by atoms with van der Waals surface area (Å²) >= 11 is 1.64. The zero-order valence-corrected chi connectivity index (χ0v) is 14.6. The smallest absolute Gasteiger partial charge is 0.238 e. The number of carbonyl (C=O) groups is 1. The van der Waals surface area contributed by atoms with Gasteiger partial charge in [0.1, 0.15) is 6.04 Å². The Kier molecular flexibility index (Phi) is 6.83. The van der Waals surface area contributed by atoms with Crippen LogP contribution in [0.5, 0.6) is 0 Å². The monoisotopic (exact) mass is 332 g/mol. The molecule has 1 rings (SSSR count). The Balaban J connectivity index is 2.67. The van der Waals surface area contributed by atoms with Crippen molar-refractivity contribution in [2.45, 2.75) is 45.7 Å². The number of carbonyl (C=O) groups excluding carboxylic acids is 1. The highest BCUT2D eigenvalue weighted by molar-refractivity contribution is 7.88. The Bertz CT molecular complexity index is 541. The molecule has 120 valence electrons. The molecule has 1 aromatic rings. The van der Waals surface area contributed by atoms with Crippen molar-refractivity contribution >= 4 is 27.3 Å². The summed E-state index contributed by atoms with van der Waals surface area (Å²) in [6.45, 7) is 5.72. The van der Waals surface area contributed by atoms with Crippen LogP contribution in [0.15, 0.2) is 17.5 Å². The first kappa shape index (κ1) is 18.1. The van der Waals surface area contributed by atoms with Crippen molar-refractivity contribution in [2.75, 3.05) is 6.26 Å². The minimum Gasteiger partial charge on any atom is -0.352 e. The van der Waals surface area contributed by atoms with E-state index in [1.54, 1.807) is 11.3 Å². The van der Waals surface area contributed by atoms with Crippen LogP contribution >= 0.6 is 11.3 Å². The van der Waals surface area contributed by atoms with Crippen molar-refractivity contribution < 1.29 is 13.2 Å². The Hall–Kier alpha value is -0.920. The van der Waals surface area contributed by atoms with Crippen LogP contribution in [0.4, 0.5) is 0 Å². The number of hydrogen-bond donors (Lipinski definition) is 2. The largest absolute Gasteiger partial charge is 0.352 e. The van der Waals surface area contributed by atoms with E-state index in [4.69, 9.17) is 0 Å².